The minimum absolute atomic E-state index is 0.236. The van der Waals surface area contributed by atoms with Gasteiger partial charge in [-0.1, -0.05) is 29.3 Å². The maximum absolute atomic E-state index is 5.92. The van der Waals surface area contributed by atoms with Crippen molar-refractivity contribution in [3.05, 3.63) is 33.8 Å². The summed E-state index contributed by atoms with van der Waals surface area (Å²) in [6.45, 7) is 0.640. The van der Waals surface area contributed by atoms with Gasteiger partial charge in [-0.25, -0.2) is 4.99 Å². The van der Waals surface area contributed by atoms with E-state index in [4.69, 9.17) is 27.9 Å². The van der Waals surface area contributed by atoms with Crippen molar-refractivity contribution in [1.29, 1.82) is 0 Å². The third-order valence-corrected chi connectivity index (χ3v) is 3.06. The van der Waals surface area contributed by atoms with E-state index in [0.29, 0.717) is 16.7 Å². The van der Waals surface area contributed by atoms with Gasteiger partial charge in [-0.3, -0.25) is 0 Å². The SMILES string of the molecule is Clc1ccc(CCC2CO[C]=N2)cc1Cl. The van der Waals surface area contributed by atoms with Crippen LogP contribution in [-0.2, 0) is 11.2 Å². The molecule has 4 heteroatoms. The molecule has 0 amide bonds. The highest BCUT2D eigenvalue weighted by molar-refractivity contribution is 6.42. The minimum atomic E-state index is 0.236. The lowest BCUT2D eigenvalue weighted by Gasteiger charge is -2.06. The summed E-state index contributed by atoms with van der Waals surface area (Å²) in [7, 11) is 0. The van der Waals surface area contributed by atoms with Gasteiger partial charge < -0.3 is 4.74 Å². The van der Waals surface area contributed by atoms with E-state index in [-0.39, 0.29) is 6.04 Å². The zero-order chi connectivity index (χ0) is 10.7. The van der Waals surface area contributed by atoms with Crippen LogP contribution in [0.15, 0.2) is 23.2 Å². The molecule has 1 atom stereocenters. The van der Waals surface area contributed by atoms with Gasteiger partial charge in [0.2, 0.25) is 0 Å². The molecule has 1 heterocycles. The molecule has 1 unspecified atom stereocenters. The summed E-state index contributed by atoms with van der Waals surface area (Å²) in [4.78, 5) is 4.06. The number of rotatable bonds is 3. The van der Waals surface area contributed by atoms with Crippen molar-refractivity contribution < 1.29 is 4.74 Å². The van der Waals surface area contributed by atoms with Crippen molar-refractivity contribution in [1.82, 2.24) is 0 Å². The molecule has 1 aliphatic heterocycles. The lowest BCUT2D eigenvalue weighted by Crippen LogP contribution is -2.07. The highest BCUT2D eigenvalue weighted by Gasteiger charge is 2.12. The first-order valence-electron chi connectivity index (χ1n) is 4.76. The summed E-state index contributed by atoms with van der Waals surface area (Å²) in [6.07, 6.45) is 4.38. The van der Waals surface area contributed by atoms with Gasteiger partial charge in [0.15, 0.2) is 0 Å². The molecule has 2 nitrogen and oxygen atoms in total. The number of aryl methyl sites for hydroxylation is 1. The van der Waals surface area contributed by atoms with Crippen LogP contribution in [0.25, 0.3) is 0 Å². The fourth-order valence-corrected chi connectivity index (χ4v) is 1.78. The van der Waals surface area contributed by atoms with Gasteiger partial charge >= 0.3 is 0 Å². The number of nitrogens with zero attached hydrogens (tertiary/aromatic N) is 1. The first kappa shape index (κ1) is 10.8. The van der Waals surface area contributed by atoms with Gasteiger partial charge in [-0.2, -0.15) is 0 Å². The Kier molecular flexibility index (Phi) is 3.49. The van der Waals surface area contributed by atoms with Crippen LogP contribution < -0.4 is 0 Å². The fraction of sp³-hybridized carbons (Fsp3) is 0.364. The largest absolute Gasteiger partial charge is 0.472 e. The van der Waals surface area contributed by atoms with E-state index in [2.05, 4.69) is 11.4 Å². The van der Waals surface area contributed by atoms with Crippen molar-refractivity contribution in [3.8, 4) is 0 Å². The monoisotopic (exact) mass is 242 g/mol. The van der Waals surface area contributed by atoms with Crippen LogP contribution in [0.4, 0.5) is 0 Å². The van der Waals surface area contributed by atoms with E-state index in [0.717, 1.165) is 12.8 Å². The topological polar surface area (TPSA) is 21.6 Å². The van der Waals surface area contributed by atoms with Crippen molar-refractivity contribution in [2.45, 2.75) is 18.9 Å². The zero-order valence-electron chi connectivity index (χ0n) is 8.04. The highest BCUT2D eigenvalue weighted by atomic mass is 35.5. The van der Waals surface area contributed by atoms with Gasteiger partial charge in [0.1, 0.15) is 6.61 Å². The average molecular weight is 243 g/mol. The third kappa shape index (κ3) is 2.86. The average Bonchev–Trinajstić information content (AvgIpc) is 2.73. The summed E-state index contributed by atoms with van der Waals surface area (Å²) in [5.74, 6) is 0. The Balaban J connectivity index is 1.93. The van der Waals surface area contributed by atoms with E-state index < -0.39 is 0 Å². The Bertz CT molecular complexity index is 379. The lowest BCUT2D eigenvalue weighted by molar-refractivity contribution is 0.322. The van der Waals surface area contributed by atoms with E-state index in [1.54, 1.807) is 0 Å². The molecular formula is C11H10Cl2NO. The molecule has 1 aliphatic rings. The maximum atomic E-state index is 5.92. The Labute approximate surface area is 98.9 Å². The zero-order valence-corrected chi connectivity index (χ0v) is 9.55. The van der Waals surface area contributed by atoms with Crippen LogP contribution in [0, 0.1) is 0 Å². The van der Waals surface area contributed by atoms with Crippen LogP contribution in [-0.4, -0.2) is 19.0 Å². The van der Waals surface area contributed by atoms with Gasteiger partial charge in [-0.05, 0) is 30.5 Å². The summed E-state index contributed by atoms with van der Waals surface area (Å²) >= 11 is 11.7. The standard InChI is InChI=1S/C11H10Cl2NO/c12-10-4-2-8(5-11(10)13)1-3-9-6-15-7-14-9/h2,4-5,9H,1,3,6H2. The Morgan fingerprint density at radius 1 is 1.40 bits per heavy atom. The highest BCUT2D eigenvalue weighted by Crippen LogP contribution is 2.23. The first-order valence-corrected chi connectivity index (χ1v) is 5.52. The molecule has 0 N–H and O–H groups in total. The van der Waals surface area contributed by atoms with Crippen molar-refractivity contribution in [3.63, 3.8) is 0 Å². The molecule has 0 aliphatic carbocycles. The third-order valence-electron chi connectivity index (χ3n) is 2.33. The van der Waals surface area contributed by atoms with Gasteiger partial charge in [0, 0.05) is 0 Å². The van der Waals surface area contributed by atoms with Crippen LogP contribution in [0.5, 0.6) is 0 Å². The fourth-order valence-electron chi connectivity index (χ4n) is 1.46. The number of benzene rings is 1. The van der Waals surface area contributed by atoms with E-state index >= 15 is 0 Å². The van der Waals surface area contributed by atoms with E-state index in [1.165, 1.54) is 5.56 Å². The van der Waals surface area contributed by atoms with Crippen LogP contribution >= 0.6 is 23.2 Å². The van der Waals surface area contributed by atoms with E-state index in [9.17, 15) is 0 Å². The van der Waals surface area contributed by atoms with Gasteiger partial charge in [-0.15, -0.1) is 0 Å². The molecule has 2 rings (SSSR count). The quantitative estimate of drug-likeness (QED) is 0.798. The number of halogens is 2. The van der Waals surface area contributed by atoms with Crippen LogP contribution in [0.1, 0.15) is 12.0 Å². The smallest absolute Gasteiger partial charge is 0.273 e. The Morgan fingerprint density at radius 2 is 2.27 bits per heavy atom. The Hall–Kier alpha value is -0.730. The number of aliphatic imine (C=N–C) groups is 1. The van der Waals surface area contributed by atoms with Gasteiger partial charge in [0.05, 0.1) is 16.1 Å². The molecular weight excluding hydrogens is 233 g/mol. The predicted molar refractivity (Wildman–Crippen MR) is 62.0 cm³/mol. The molecule has 0 saturated carbocycles. The van der Waals surface area contributed by atoms with Gasteiger partial charge in [0.25, 0.3) is 6.40 Å². The molecule has 1 aromatic carbocycles. The molecule has 1 radical (unpaired) electrons. The molecule has 0 bridgehead atoms. The number of hydrogen-bond acceptors (Lipinski definition) is 2. The molecule has 0 saturated heterocycles. The molecule has 0 aromatic heterocycles. The van der Waals surface area contributed by atoms with Crippen LogP contribution in [0.3, 0.4) is 0 Å². The Morgan fingerprint density at radius 3 is 2.93 bits per heavy atom. The summed E-state index contributed by atoms with van der Waals surface area (Å²) < 4.78 is 4.92. The summed E-state index contributed by atoms with van der Waals surface area (Å²) in [6, 6.07) is 5.93. The maximum Gasteiger partial charge on any atom is 0.273 e. The van der Waals surface area contributed by atoms with E-state index in [1.807, 2.05) is 18.2 Å². The number of hydrogen-bond donors (Lipinski definition) is 0. The predicted octanol–water partition coefficient (Wildman–Crippen LogP) is 3.23. The van der Waals surface area contributed by atoms with Crippen molar-refractivity contribution in [2.24, 2.45) is 4.99 Å². The number of ether oxygens (including phenoxy) is 1. The summed E-state index contributed by atoms with van der Waals surface area (Å²) in [5, 5.41) is 1.20. The summed E-state index contributed by atoms with van der Waals surface area (Å²) in [5.41, 5.74) is 1.17. The minimum Gasteiger partial charge on any atom is -0.472 e. The molecule has 15 heavy (non-hydrogen) atoms. The first-order chi connectivity index (χ1) is 7.25. The second kappa shape index (κ2) is 4.86. The van der Waals surface area contributed by atoms with Crippen molar-refractivity contribution >= 4 is 29.6 Å². The molecule has 0 fully saturated rings. The second-order valence-corrected chi connectivity index (χ2v) is 4.29. The lowest BCUT2D eigenvalue weighted by atomic mass is 10.1. The second-order valence-electron chi connectivity index (χ2n) is 3.47. The molecule has 79 valence electrons. The van der Waals surface area contributed by atoms with Crippen LogP contribution in [0.2, 0.25) is 10.0 Å². The molecule has 0 spiro atoms. The molecule has 1 aromatic rings. The normalized spacial score (nSPS) is 19.2. The van der Waals surface area contributed by atoms with Crippen molar-refractivity contribution in [2.75, 3.05) is 6.61 Å².